The summed E-state index contributed by atoms with van der Waals surface area (Å²) in [7, 11) is 0. The number of hydrogen-bond acceptors (Lipinski definition) is 5. The average Bonchev–Trinajstić information content (AvgIpc) is 3.16. The molecular formula is C21H33N4O2S+. The van der Waals surface area contributed by atoms with E-state index in [0.29, 0.717) is 5.22 Å². The van der Waals surface area contributed by atoms with Gasteiger partial charge < -0.3 is 14.2 Å². The van der Waals surface area contributed by atoms with Crippen molar-refractivity contribution < 1.29 is 14.1 Å². The van der Waals surface area contributed by atoms with Crippen LogP contribution in [0.2, 0.25) is 0 Å². The zero-order chi connectivity index (χ0) is 19.3. The van der Waals surface area contributed by atoms with Crippen molar-refractivity contribution in [2.24, 2.45) is 17.8 Å². The number of nitrogens with zero attached hydrogens (tertiary/aromatic N) is 3. The van der Waals surface area contributed by atoms with Crippen molar-refractivity contribution in [3.05, 3.63) is 5.89 Å². The van der Waals surface area contributed by atoms with Gasteiger partial charge >= 0.3 is 0 Å². The Morgan fingerprint density at radius 1 is 1.18 bits per heavy atom. The Balaban J connectivity index is 1.23. The molecule has 0 unspecified atom stereocenters. The normalized spacial score (nSPS) is 36.1. The first kappa shape index (κ1) is 18.9. The third-order valence-corrected chi connectivity index (χ3v) is 8.73. The maximum absolute atomic E-state index is 12.8. The fourth-order valence-electron chi connectivity index (χ4n) is 6.70. The molecule has 0 spiro atoms. The molecule has 154 valence electrons. The molecule has 4 saturated carbocycles. The summed E-state index contributed by atoms with van der Waals surface area (Å²) in [6.07, 6.45) is 7.91. The van der Waals surface area contributed by atoms with E-state index in [4.69, 9.17) is 4.42 Å². The summed E-state index contributed by atoms with van der Waals surface area (Å²) in [4.78, 5) is 16.4. The number of amides is 1. The summed E-state index contributed by atoms with van der Waals surface area (Å²) in [6, 6.07) is 0. The molecule has 6 nitrogen and oxygen atoms in total. The van der Waals surface area contributed by atoms with Crippen LogP contribution in [-0.2, 0) is 10.2 Å². The smallest absolute Gasteiger partial charge is 0.277 e. The van der Waals surface area contributed by atoms with Gasteiger partial charge in [0, 0.05) is 5.41 Å². The molecule has 7 heteroatoms. The minimum Gasteiger partial charge on any atom is -0.415 e. The Morgan fingerprint density at radius 2 is 1.79 bits per heavy atom. The highest BCUT2D eigenvalue weighted by Crippen LogP contribution is 2.60. The molecule has 1 N–H and O–H groups in total. The van der Waals surface area contributed by atoms with Crippen molar-refractivity contribution in [3.63, 3.8) is 0 Å². The van der Waals surface area contributed by atoms with E-state index in [1.165, 1.54) is 50.3 Å². The third-order valence-electron chi connectivity index (χ3n) is 7.81. The molecule has 0 radical (unpaired) electrons. The van der Waals surface area contributed by atoms with Crippen molar-refractivity contribution in [1.29, 1.82) is 0 Å². The predicted octanol–water partition coefficient (Wildman–Crippen LogP) is 1.77. The lowest BCUT2D eigenvalue weighted by molar-refractivity contribution is -0.902. The van der Waals surface area contributed by atoms with Gasteiger partial charge in [-0.05, 0) is 70.1 Å². The first-order valence-electron chi connectivity index (χ1n) is 11.2. The molecule has 6 rings (SSSR count). The first-order valence-corrected chi connectivity index (χ1v) is 12.1. The van der Waals surface area contributed by atoms with Gasteiger partial charge in [0.2, 0.25) is 11.8 Å². The van der Waals surface area contributed by atoms with E-state index in [1.807, 2.05) is 11.8 Å². The van der Waals surface area contributed by atoms with Crippen LogP contribution in [0.25, 0.3) is 0 Å². The van der Waals surface area contributed by atoms with E-state index in [-0.39, 0.29) is 16.6 Å². The maximum atomic E-state index is 12.8. The molecule has 28 heavy (non-hydrogen) atoms. The van der Waals surface area contributed by atoms with Crippen LogP contribution in [0, 0.1) is 17.8 Å². The van der Waals surface area contributed by atoms with Gasteiger partial charge in [-0.15, -0.1) is 10.2 Å². The van der Waals surface area contributed by atoms with E-state index >= 15 is 0 Å². The van der Waals surface area contributed by atoms with Gasteiger partial charge in [-0.25, -0.2) is 0 Å². The highest BCUT2D eigenvalue weighted by atomic mass is 32.2. The van der Waals surface area contributed by atoms with Crippen LogP contribution in [0.15, 0.2) is 9.64 Å². The quantitative estimate of drug-likeness (QED) is 0.757. The third kappa shape index (κ3) is 3.38. The summed E-state index contributed by atoms with van der Waals surface area (Å²) in [5.41, 5.74) is 0.132. The number of likely N-dealkylation sites (N-methyl/N-ethyl adjacent to an activating group) is 1. The molecule has 5 aliphatic rings. The van der Waals surface area contributed by atoms with Gasteiger partial charge in [-0.2, -0.15) is 0 Å². The Morgan fingerprint density at radius 3 is 2.36 bits per heavy atom. The van der Waals surface area contributed by atoms with Crippen molar-refractivity contribution in [3.8, 4) is 0 Å². The number of piperazine rings is 1. The number of rotatable bonds is 5. The highest BCUT2D eigenvalue weighted by Gasteiger charge is 2.54. The summed E-state index contributed by atoms with van der Waals surface area (Å²) in [5, 5.41) is 9.22. The second-order valence-corrected chi connectivity index (χ2v) is 11.1. The summed E-state index contributed by atoms with van der Waals surface area (Å²) in [5.74, 6) is 3.64. The van der Waals surface area contributed by atoms with Gasteiger partial charge in [0.1, 0.15) is 0 Å². The number of thioether (sulfide) groups is 1. The van der Waals surface area contributed by atoms with E-state index in [9.17, 15) is 4.79 Å². The van der Waals surface area contributed by atoms with Gasteiger partial charge in [-0.1, -0.05) is 11.8 Å². The lowest BCUT2D eigenvalue weighted by Crippen LogP contribution is -3.14. The van der Waals surface area contributed by atoms with Crippen LogP contribution in [-0.4, -0.2) is 59.0 Å². The van der Waals surface area contributed by atoms with Crippen LogP contribution in [0.4, 0.5) is 0 Å². The number of hydrogen-bond donors (Lipinski definition) is 1. The molecule has 1 aromatic heterocycles. The molecule has 1 aliphatic heterocycles. The van der Waals surface area contributed by atoms with Gasteiger partial charge in [-0.3, -0.25) is 4.79 Å². The van der Waals surface area contributed by atoms with Crippen molar-refractivity contribution in [2.75, 3.05) is 32.7 Å². The lowest BCUT2D eigenvalue weighted by Gasteiger charge is -2.55. The molecule has 1 saturated heterocycles. The van der Waals surface area contributed by atoms with Crippen LogP contribution in [0.3, 0.4) is 0 Å². The summed E-state index contributed by atoms with van der Waals surface area (Å²) in [6.45, 7) is 9.14. The Hall–Kier alpha value is -1.08. The number of aromatic nitrogens is 2. The Kier molecular flexibility index (Phi) is 4.94. The molecule has 2 heterocycles. The fourth-order valence-corrected chi connectivity index (χ4v) is 7.47. The SMILES string of the molecule is CC[NH+]1CCN(C(=O)[C@H](C)Sc2nnc(C34CC5CC(CC(C5)C3)C4)o2)CC1. The summed E-state index contributed by atoms with van der Waals surface area (Å²) >= 11 is 1.44. The predicted molar refractivity (Wildman–Crippen MR) is 107 cm³/mol. The van der Waals surface area contributed by atoms with Crippen LogP contribution >= 0.6 is 11.8 Å². The lowest BCUT2D eigenvalue weighted by atomic mass is 9.49. The standard InChI is InChI=1S/C21H32N4O2S/c1-3-24-4-6-25(7-5-24)18(26)14(2)28-20-23-22-19(27-20)21-11-15-8-16(12-21)10-17(9-15)13-21/h14-17H,3-13H2,1-2H3/p+1/t14-,15?,16?,17?,21?/m0/s1. The molecule has 1 aromatic rings. The molecule has 5 fully saturated rings. The van der Waals surface area contributed by atoms with E-state index in [2.05, 4.69) is 17.1 Å². The largest absolute Gasteiger partial charge is 0.415 e. The van der Waals surface area contributed by atoms with Crippen molar-refractivity contribution in [1.82, 2.24) is 15.1 Å². The van der Waals surface area contributed by atoms with Gasteiger partial charge in [0.25, 0.3) is 5.22 Å². The molecular weight excluding hydrogens is 372 g/mol. The van der Waals surface area contributed by atoms with Crippen LogP contribution in [0.1, 0.15) is 58.3 Å². The zero-order valence-electron chi connectivity index (χ0n) is 17.2. The Bertz CT molecular complexity index is 692. The highest BCUT2D eigenvalue weighted by molar-refractivity contribution is 8.00. The van der Waals surface area contributed by atoms with E-state index < -0.39 is 0 Å². The monoisotopic (exact) mass is 405 g/mol. The van der Waals surface area contributed by atoms with Gasteiger partial charge in [0.05, 0.1) is 38.0 Å². The summed E-state index contributed by atoms with van der Waals surface area (Å²) < 4.78 is 6.18. The van der Waals surface area contributed by atoms with Crippen LogP contribution < -0.4 is 4.90 Å². The second kappa shape index (κ2) is 7.31. The number of quaternary nitrogens is 1. The fraction of sp³-hybridized carbons (Fsp3) is 0.857. The molecule has 1 amide bonds. The number of carbonyl (C=O) groups excluding carboxylic acids is 1. The molecule has 4 aliphatic carbocycles. The maximum Gasteiger partial charge on any atom is 0.277 e. The minimum atomic E-state index is -0.173. The zero-order valence-corrected chi connectivity index (χ0v) is 18.0. The Labute approximate surface area is 171 Å². The van der Waals surface area contributed by atoms with Gasteiger partial charge in [0.15, 0.2) is 0 Å². The van der Waals surface area contributed by atoms with E-state index in [1.54, 1.807) is 4.90 Å². The first-order chi connectivity index (χ1) is 13.5. The van der Waals surface area contributed by atoms with E-state index in [0.717, 1.165) is 56.4 Å². The molecule has 0 aromatic carbocycles. The topological polar surface area (TPSA) is 63.7 Å². The second-order valence-electron chi connectivity index (χ2n) is 9.76. The van der Waals surface area contributed by atoms with Crippen molar-refractivity contribution >= 4 is 17.7 Å². The average molecular weight is 406 g/mol. The van der Waals surface area contributed by atoms with Crippen LogP contribution in [0.5, 0.6) is 0 Å². The van der Waals surface area contributed by atoms with Crippen molar-refractivity contribution in [2.45, 2.75) is 68.3 Å². The molecule has 4 bridgehead atoms. The number of nitrogens with one attached hydrogen (secondary N) is 1. The number of carbonyl (C=O) groups is 1. The minimum absolute atomic E-state index is 0.132. The molecule has 1 atom stereocenters.